The molecule has 0 heterocycles. The first-order chi connectivity index (χ1) is 26.3. The summed E-state index contributed by atoms with van der Waals surface area (Å²) in [6.07, 6.45) is 47.3. The van der Waals surface area contributed by atoms with Gasteiger partial charge in [-0.1, -0.05) is 178 Å². The van der Waals surface area contributed by atoms with Gasteiger partial charge in [-0.05, 0) is 58.3 Å². The molecule has 314 valence electrons. The van der Waals surface area contributed by atoms with Crippen molar-refractivity contribution in [1.82, 2.24) is 0 Å². The summed E-state index contributed by atoms with van der Waals surface area (Å²) in [6.45, 7) is 5.35. The average molecular weight is 781 g/mol. The molecule has 0 rings (SSSR count). The predicted octanol–water partition coefficient (Wildman–Crippen LogP) is 13.8. The van der Waals surface area contributed by atoms with Crippen LogP contribution in [0.2, 0.25) is 0 Å². The highest BCUT2D eigenvalue weighted by molar-refractivity contribution is 7.47. The number of carbonyl (C=O) groups excluding carboxylic acids is 2. The fourth-order valence-corrected chi connectivity index (χ4v) is 6.73. The minimum absolute atomic E-state index is 0.00510. The summed E-state index contributed by atoms with van der Waals surface area (Å²) in [5.74, 6) is -0.821. The number of carbonyl (C=O) groups is 2. The third-order valence-corrected chi connectivity index (χ3v) is 10.2. The Hall–Kier alpha value is -1.99. The minimum atomic E-state index is -4.29. The van der Waals surface area contributed by atoms with E-state index in [4.69, 9.17) is 18.5 Å². The Morgan fingerprint density at radius 3 is 1.43 bits per heavy atom. The van der Waals surface area contributed by atoms with E-state index in [1.54, 1.807) is 6.92 Å². The number of phosphoric ester groups is 1. The third-order valence-electron chi connectivity index (χ3n) is 9.15. The summed E-state index contributed by atoms with van der Waals surface area (Å²) >= 11 is 0. The van der Waals surface area contributed by atoms with E-state index in [9.17, 15) is 19.0 Å². The van der Waals surface area contributed by atoms with Crippen molar-refractivity contribution >= 4 is 19.8 Å². The van der Waals surface area contributed by atoms with Crippen LogP contribution in [0.25, 0.3) is 0 Å². The van der Waals surface area contributed by atoms with Crippen molar-refractivity contribution in [3.05, 3.63) is 48.6 Å². The van der Waals surface area contributed by atoms with E-state index < -0.39 is 26.5 Å². The quantitative estimate of drug-likeness (QED) is 0.0283. The number of hydrogen-bond acceptors (Lipinski definition) is 7. The number of phosphoric acid groups is 1. The van der Waals surface area contributed by atoms with Crippen LogP contribution in [0.3, 0.4) is 0 Å². The highest BCUT2D eigenvalue weighted by atomic mass is 31.2. The van der Waals surface area contributed by atoms with Crippen LogP contribution >= 0.6 is 7.82 Å². The van der Waals surface area contributed by atoms with E-state index >= 15 is 0 Å². The molecule has 0 aliphatic heterocycles. The molecular formula is C45H81O8P. The Kier molecular flexibility index (Phi) is 39.2. The Labute approximate surface area is 331 Å². The van der Waals surface area contributed by atoms with Crippen molar-refractivity contribution in [3.63, 3.8) is 0 Å². The topological polar surface area (TPSA) is 108 Å². The number of esters is 2. The molecule has 0 amide bonds. The van der Waals surface area contributed by atoms with Gasteiger partial charge in [0.2, 0.25) is 0 Å². The summed E-state index contributed by atoms with van der Waals surface area (Å²) in [5.41, 5.74) is 0. The van der Waals surface area contributed by atoms with Gasteiger partial charge in [0.05, 0.1) is 13.2 Å². The molecule has 0 aromatic carbocycles. The molecule has 2 atom stereocenters. The minimum Gasteiger partial charge on any atom is -0.462 e. The van der Waals surface area contributed by atoms with Crippen molar-refractivity contribution in [3.8, 4) is 0 Å². The second kappa shape index (κ2) is 40.7. The Morgan fingerprint density at radius 2 is 0.944 bits per heavy atom. The van der Waals surface area contributed by atoms with E-state index in [1.807, 2.05) is 0 Å². The molecule has 0 spiro atoms. The monoisotopic (exact) mass is 781 g/mol. The molecule has 0 aliphatic rings. The molecule has 1 N–H and O–H groups in total. The number of unbranched alkanes of at least 4 members (excludes halogenated alkanes) is 20. The first kappa shape index (κ1) is 52.0. The van der Waals surface area contributed by atoms with E-state index in [1.165, 1.54) is 89.9 Å². The lowest BCUT2D eigenvalue weighted by atomic mass is 10.0. The summed E-state index contributed by atoms with van der Waals surface area (Å²) in [4.78, 5) is 34.8. The maximum atomic E-state index is 12.5. The molecule has 9 heteroatoms. The van der Waals surface area contributed by atoms with Crippen LogP contribution in [0.5, 0.6) is 0 Å². The fraction of sp³-hybridized carbons (Fsp3) is 0.778. The Bertz CT molecular complexity index is 1020. The van der Waals surface area contributed by atoms with Crippen LogP contribution in [0.1, 0.15) is 201 Å². The summed E-state index contributed by atoms with van der Waals surface area (Å²) < 4.78 is 32.6. The Balaban J connectivity index is 4.10. The van der Waals surface area contributed by atoms with Gasteiger partial charge in [0, 0.05) is 12.8 Å². The number of hydrogen-bond donors (Lipinski definition) is 1. The van der Waals surface area contributed by atoms with Crippen LogP contribution in [-0.2, 0) is 32.7 Å². The highest BCUT2D eigenvalue weighted by Gasteiger charge is 2.25. The SMILES string of the molecule is CC/C=C\C/C=C\C/C=C\C/C=C\CCCCCCC(=O)OC(COC(=O)CCCCCCCCCCCCCCCCCCC)COP(=O)(O)OCC. The van der Waals surface area contributed by atoms with E-state index in [-0.39, 0.29) is 25.6 Å². The van der Waals surface area contributed by atoms with Crippen molar-refractivity contribution in [2.75, 3.05) is 19.8 Å². The average Bonchev–Trinajstić information content (AvgIpc) is 3.15. The molecule has 0 fully saturated rings. The van der Waals surface area contributed by atoms with E-state index in [0.717, 1.165) is 70.6 Å². The normalized spacial score (nSPS) is 13.8. The van der Waals surface area contributed by atoms with Gasteiger partial charge in [0.15, 0.2) is 6.10 Å². The van der Waals surface area contributed by atoms with E-state index in [0.29, 0.717) is 12.8 Å². The summed E-state index contributed by atoms with van der Waals surface area (Å²) in [7, 11) is -4.29. The van der Waals surface area contributed by atoms with Gasteiger partial charge in [-0.2, -0.15) is 0 Å². The zero-order valence-electron chi connectivity index (χ0n) is 34.9. The number of rotatable bonds is 40. The molecule has 0 aromatic heterocycles. The molecule has 0 saturated carbocycles. The number of ether oxygens (including phenoxy) is 2. The lowest BCUT2D eigenvalue weighted by Gasteiger charge is -2.19. The zero-order chi connectivity index (χ0) is 39.6. The molecule has 8 nitrogen and oxygen atoms in total. The lowest BCUT2D eigenvalue weighted by Crippen LogP contribution is -2.29. The molecule has 2 unspecified atom stereocenters. The van der Waals surface area contributed by atoms with Gasteiger partial charge in [0.1, 0.15) is 6.61 Å². The summed E-state index contributed by atoms with van der Waals surface area (Å²) in [6, 6.07) is 0. The molecule has 0 saturated heterocycles. The van der Waals surface area contributed by atoms with Gasteiger partial charge in [0.25, 0.3) is 0 Å². The smallest absolute Gasteiger partial charge is 0.462 e. The molecule has 0 bridgehead atoms. The van der Waals surface area contributed by atoms with Gasteiger partial charge < -0.3 is 14.4 Å². The molecule has 0 aromatic rings. The van der Waals surface area contributed by atoms with Crippen LogP contribution in [0, 0.1) is 0 Å². The van der Waals surface area contributed by atoms with Gasteiger partial charge in [-0.25, -0.2) is 4.57 Å². The van der Waals surface area contributed by atoms with Crippen molar-refractivity contribution < 1.29 is 37.6 Å². The second-order valence-electron chi connectivity index (χ2n) is 14.3. The zero-order valence-corrected chi connectivity index (χ0v) is 35.8. The largest absolute Gasteiger partial charge is 0.472 e. The lowest BCUT2D eigenvalue weighted by molar-refractivity contribution is -0.161. The van der Waals surface area contributed by atoms with Crippen LogP contribution in [0.4, 0.5) is 0 Å². The van der Waals surface area contributed by atoms with Crippen LogP contribution in [0.15, 0.2) is 48.6 Å². The van der Waals surface area contributed by atoms with Gasteiger partial charge >= 0.3 is 19.8 Å². The molecule has 0 radical (unpaired) electrons. The maximum Gasteiger partial charge on any atom is 0.472 e. The fourth-order valence-electron chi connectivity index (χ4n) is 5.97. The predicted molar refractivity (Wildman–Crippen MR) is 225 cm³/mol. The molecular weight excluding hydrogens is 699 g/mol. The second-order valence-corrected chi connectivity index (χ2v) is 15.8. The maximum absolute atomic E-state index is 12.5. The van der Waals surface area contributed by atoms with Gasteiger partial charge in [-0.3, -0.25) is 18.6 Å². The first-order valence-electron chi connectivity index (χ1n) is 21.9. The summed E-state index contributed by atoms with van der Waals surface area (Å²) in [5, 5.41) is 0. The number of allylic oxidation sites excluding steroid dienone is 8. The van der Waals surface area contributed by atoms with Gasteiger partial charge in [-0.15, -0.1) is 0 Å². The molecule has 0 aliphatic carbocycles. The first-order valence-corrected chi connectivity index (χ1v) is 23.4. The van der Waals surface area contributed by atoms with Crippen molar-refractivity contribution in [2.24, 2.45) is 0 Å². The van der Waals surface area contributed by atoms with Crippen molar-refractivity contribution in [1.29, 1.82) is 0 Å². The Morgan fingerprint density at radius 1 is 0.519 bits per heavy atom. The van der Waals surface area contributed by atoms with E-state index in [2.05, 4.69) is 62.5 Å². The molecule has 54 heavy (non-hydrogen) atoms. The van der Waals surface area contributed by atoms with Crippen LogP contribution < -0.4 is 0 Å². The highest BCUT2D eigenvalue weighted by Crippen LogP contribution is 2.43. The van der Waals surface area contributed by atoms with Crippen molar-refractivity contribution in [2.45, 2.75) is 207 Å². The third kappa shape index (κ3) is 39.7. The van der Waals surface area contributed by atoms with Crippen LogP contribution in [-0.4, -0.2) is 42.8 Å². The standard InChI is InChI=1S/C45H81O8P/c1-4-7-9-11-13-15-17-19-21-23-25-27-29-31-33-35-37-39-44(46)50-41-43(42-52-54(48,49)51-6-3)53-45(47)40-38-36-34-32-30-28-26-24-22-20-18-16-14-12-10-8-5-2/h8,10,14,16,20,22,26,28,43H,4-7,9,11-13,15,17-19,21,23-25,27,29-42H2,1-3H3,(H,48,49)/b10-8-,16-14-,22-20-,28-26-.